The molecule has 2 aliphatic heterocycles. The van der Waals surface area contributed by atoms with Crippen LogP contribution < -0.4 is 5.56 Å². The highest BCUT2D eigenvalue weighted by Gasteiger charge is 2.33. The maximum Gasteiger partial charge on any atom is 0.282 e. The molecule has 2 aliphatic rings. The Morgan fingerprint density at radius 2 is 1.60 bits per heavy atom. The van der Waals surface area contributed by atoms with Crippen LogP contribution in [0.2, 0.25) is 0 Å². The van der Waals surface area contributed by atoms with Crippen molar-refractivity contribution in [3.8, 4) is 0 Å². The minimum atomic E-state index is -3.43. The first-order valence-corrected chi connectivity index (χ1v) is 10.1. The van der Waals surface area contributed by atoms with Gasteiger partial charge in [0, 0.05) is 50.5 Å². The van der Waals surface area contributed by atoms with Gasteiger partial charge in [-0.1, -0.05) is 0 Å². The lowest BCUT2D eigenvalue weighted by Gasteiger charge is -2.26. The Bertz CT molecular complexity index is 778. The van der Waals surface area contributed by atoms with Crippen LogP contribution in [0.25, 0.3) is 0 Å². The lowest BCUT2D eigenvalue weighted by atomic mass is 10.1. The molecule has 1 aromatic heterocycles. The second kappa shape index (κ2) is 7.30. The third-order valence-corrected chi connectivity index (χ3v) is 6.98. The quantitative estimate of drug-likeness (QED) is 0.738. The highest BCUT2D eigenvalue weighted by molar-refractivity contribution is 7.86. The summed E-state index contributed by atoms with van der Waals surface area (Å²) in [6, 6.07) is 0. The molecule has 0 aromatic carbocycles. The first kappa shape index (κ1) is 18.2. The van der Waals surface area contributed by atoms with Crippen LogP contribution in [0.3, 0.4) is 0 Å². The van der Waals surface area contributed by atoms with Crippen LogP contribution in [0.1, 0.15) is 30.5 Å². The number of aromatic amines is 2. The second-order valence-electron chi connectivity index (χ2n) is 6.61. The van der Waals surface area contributed by atoms with E-state index in [0.29, 0.717) is 56.9 Å². The summed E-state index contributed by atoms with van der Waals surface area (Å²) >= 11 is 0. The van der Waals surface area contributed by atoms with Gasteiger partial charge in [0.1, 0.15) is 0 Å². The molecule has 2 saturated heterocycles. The number of amides is 1. The van der Waals surface area contributed by atoms with Crippen molar-refractivity contribution in [2.24, 2.45) is 0 Å². The van der Waals surface area contributed by atoms with Gasteiger partial charge in [-0.25, -0.2) is 0 Å². The Balaban J connectivity index is 1.63. The van der Waals surface area contributed by atoms with Crippen LogP contribution in [0.5, 0.6) is 0 Å². The number of H-pyrrole nitrogens is 2. The van der Waals surface area contributed by atoms with Gasteiger partial charge in [-0.2, -0.15) is 17.0 Å². The molecule has 0 aliphatic carbocycles. The second-order valence-corrected chi connectivity index (χ2v) is 8.54. The minimum absolute atomic E-state index is 0.0313. The number of aromatic nitrogens is 2. The van der Waals surface area contributed by atoms with Crippen molar-refractivity contribution < 1.29 is 13.2 Å². The molecule has 2 fully saturated rings. The number of carbonyl (C=O) groups excluding carboxylic acids is 1. The van der Waals surface area contributed by atoms with Crippen LogP contribution in [0.4, 0.5) is 0 Å². The Morgan fingerprint density at radius 3 is 2.24 bits per heavy atom. The van der Waals surface area contributed by atoms with Crippen molar-refractivity contribution in [2.75, 3.05) is 39.3 Å². The molecule has 2 N–H and O–H groups in total. The van der Waals surface area contributed by atoms with Gasteiger partial charge in [-0.05, 0) is 26.2 Å². The van der Waals surface area contributed by atoms with Crippen molar-refractivity contribution in [1.82, 2.24) is 23.7 Å². The Hall–Kier alpha value is -1.65. The highest BCUT2D eigenvalue weighted by atomic mass is 32.2. The van der Waals surface area contributed by atoms with E-state index in [1.54, 1.807) is 11.8 Å². The van der Waals surface area contributed by atoms with Crippen LogP contribution in [-0.2, 0) is 21.4 Å². The predicted octanol–water partition coefficient (Wildman–Crippen LogP) is -0.571. The van der Waals surface area contributed by atoms with E-state index in [2.05, 4.69) is 10.2 Å². The molecule has 0 unspecified atom stereocenters. The van der Waals surface area contributed by atoms with Gasteiger partial charge in [-0.15, -0.1) is 0 Å². The normalized spacial score (nSPS) is 20.8. The van der Waals surface area contributed by atoms with Crippen LogP contribution in [0.15, 0.2) is 4.79 Å². The Kier molecular flexibility index (Phi) is 5.30. The molecule has 0 bridgehead atoms. The number of hydrogen-bond donors (Lipinski definition) is 2. The first-order valence-electron chi connectivity index (χ1n) is 8.68. The van der Waals surface area contributed by atoms with Gasteiger partial charge in [0.2, 0.25) is 5.91 Å². The van der Waals surface area contributed by atoms with Gasteiger partial charge in [0.25, 0.3) is 15.8 Å². The summed E-state index contributed by atoms with van der Waals surface area (Å²) in [6.07, 6.45) is 2.44. The summed E-state index contributed by atoms with van der Waals surface area (Å²) in [6.45, 7) is 4.49. The van der Waals surface area contributed by atoms with Gasteiger partial charge in [-0.3, -0.25) is 14.7 Å². The fourth-order valence-corrected chi connectivity index (χ4v) is 5.12. The van der Waals surface area contributed by atoms with Crippen molar-refractivity contribution in [1.29, 1.82) is 0 Å². The molecular formula is C15H25N5O4S. The van der Waals surface area contributed by atoms with Crippen LogP contribution in [-0.4, -0.2) is 77.3 Å². The van der Waals surface area contributed by atoms with E-state index in [9.17, 15) is 18.0 Å². The molecule has 0 saturated carbocycles. The molecule has 0 spiro atoms. The number of aryl methyl sites for hydroxylation is 1. The van der Waals surface area contributed by atoms with Crippen molar-refractivity contribution in [2.45, 2.75) is 32.6 Å². The SMILES string of the molecule is Cc1[nH][nH]c(=O)c1CC(=O)N1CCCN(S(=O)(=O)N2CCCC2)CC1. The molecule has 3 rings (SSSR count). The van der Waals surface area contributed by atoms with Gasteiger partial charge < -0.3 is 10.00 Å². The summed E-state index contributed by atoms with van der Waals surface area (Å²) in [7, 11) is -3.43. The lowest BCUT2D eigenvalue weighted by molar-refractivity contribution is -0.130. The zero-order valence-corrected chi connectivity index (χ0v) is 15.3. The molecule has 1 aromatic rings. The smallest absolute Gasteiger partial charge is 0.282 e. The fourth-order valence-electron chi connectivity index (χ4n) is 3.40. The van der Waals surface area contributed by atoms with E-state index in [1.165, 1.54) is 8.61 Å². The molecule has 1 amide bonds. The first-order chi connectivity index (χ1) is 11.9. The van der Waals surface area contributed by atoms with Gasteiger partial charge >= 0.3 is 0 Å². The van der Waals surface area contributed by atoms with E-state index in [4.69, 9.17) is 0 Å². The topological polar surface area (TPSA) is 110 Å². The zero-order valence-electron chi connectivity index (χ0n) is 14.5. The van der Waals surface area contributed by atoms with E-state index >= 15 is 0 Å². The molecule has 140 valence electrons. The van der Waals surface area contributed by atoms with Crippen LogP contribution >= 0.6 is 0 Å². The van der Waals surface area contributed by atoms with Gasteiger partial charge in [0.15, 0.2) is 0 Å². The Labute approximate surface area is 147 Å². The number of nitrogens with zero attached hydrogens (tertiary/aromatic N) is 3. The molecule has 10 heteroatoms. The molecule has 0 atom stereocenters. The fraction of sp³-hybridized carbons (Fsp3) is 0.733. The highest BCUT2D eigenvalue weighted by Crippen LogP contribution is 2.18. The summed E-state index contributed by atoms with van der Waals surface area (Å²) in [5, 5.41) is 5.19. The number of nitrogens with one attached hydrogen (secondary N) is 2. The van der Waals surface area contributed by atoms with E-state index in [1.807, 2.05) is 0 Å². The number of hydrogen-bond acceptors (Lipinski definition) is 4. The van der Waals surface area contributed by atoms with Gasteiger partial charge in [0.05, 0.1) is 6.42 Å². The summed E-state index contributed by atoms with van der Waals surface area (Å²) in [4.78, 5) is 25.9. The zero-order chi connectivity index (χ0) is 18.0. The maximum absolute atomic E-state index is 12.7. The predicted molar refractivity (Wildman–Crippen MR) is 92.4 cm³/mol. The molecule has 0 radical (unpaired) electrons. The maximum atomic E-state index is 12.7. The molecule has 3 heterocycles. The van der Waals surface area contributed by atoms with Crippen molar-refractivity contribution in [3.05, 3.63) is 21.6 Å². The molecule has 9 nitrogen and oxygen atoms in total. The summed E-state index contributed by atoms with van der Waals surface area (Å²) in [5.41, 5.74) is 0.820. The number of rotatable bonds is 4. The van der Waals surface area contributed by atoms with Crippen molar-refractivity contribution >= 4 is 16.1 Å². The standard InChI is InChI=1S/C15H25N5O4S/c1-12-13(15(22)17-16-12)11-14(21)18-5-4-8-20(10-9-18)25(23,24)19-6-2-3-7-19/h2-11H2,1H3,(H2,16,17,22). The average Bonchev–Trinajstić information content (AvgIpc) is 3.14. The van der Waals surface area contributed by atoms with E-state index in [-0.39, 0.29) is 17.9 Å². The van der Waals surface area contributed by atoms with E-state index < -0.39 is 10.2 Å². The third kappa shape index (κ3) is 3.80. The van der Waals surface area contributed by atoms with Crippen LogP contribution in [0, 0.1) is 6.92 Å². The van der Waals surface area contributed by atoms with Crippen molar-refractivity contribution in [3.63, 3.8) is 0 Å². The largest absolute Gasteiger partial charge is 0.341 e. The molecular weight excluding hydrogens is 346 g/mol. The summed E-state index contributed by atoms with van der Waals surface area (Å²) < 4.78 is 28.3. The lowest BCUT2D eigenvalue weighted by Crippen LogP contribution is -2.44. The Morgan fingerprint density at radius 1 is 0.960 bits per heavy atom. The monoisotopic (exact) mass is 371 g/mol. The molecule has 25 heavy (non-hydrogen) atoms. The van der Waals surface area contributed by atoms with E-state index in [0.717, 1.165) is 12.8 Å². The summed E-state index contributed by atoms with van der Waals surface area (Å²) in [5.74, 6) is -0.145. The number of carbonyl (C=O) groups is 1. The average molecular weight is 371 g/mol. The third-order valence-electron chi connectivity index (χ3n) is 4.94. The minimum Gasteiger partial charge on any atom is -0.341 e.